The van der Waals surface area contributed by atoms with E-state index in [0.29, 0.717) is 11.1 Å². The number of methoxy groups -OCH3 is 1. The molecule has 5 nitrogen and oxygen atoms in total. The molecule has 3 aromatic carbocycles. The number of guanidine groups is 1. The number of nitrogens with zero attached hydrogens (tertiary/aromatic N) is 1. The summed E-state index contributed by atoms with van der Waals surface area (Å²) in [6, 6.07) is 27.1. The van der Waals surface area contributed by atoms with Crippen molar-refractivity contribution in [2.75, 3.05) is 23.1 Å². The van der Waals surface area contributed by atoms with Gasteiger partial charge < -0.3 is 20.7 Å². The first-order valence-electron chi connectivity index (χ1n) is 8.41. The van der Waals surface area contributed by atoms with Crippen LogP contribution in [0.1, 0.15) is 0 Å². The Hall–Kier alpha value is -3.38. The number of ether oxygens (including phenoxy) is 1. The Bertz CT molecular complexity index is 853. The van der Waals surface area contributed by atoms with Crippen LogP contribution in [-0.4, -0.2) is 18.2 Å². The Morgan fingerprint density at radius 2 is 1.19 bits per heavy atom. The van der Waals surface area contributed by atoms with Crippen LogP contribution in [0.25, 0.3) is 0 Å². The molecule has 0 unspecified atom stereocenters. The number of anilines is 3. The van der Waals surface area contributed by atoms with Crippen molar-refractivity contribution in [3.05, 3.63) is 84.9 Å². The molecule has 0 aliphatic carbocycles. The molecule has 27 heavy (non-hydrogen) atoms. The fourth-order valence-electron chi connectivity index (χ4n) is 2.33. The third kappa shape index (κ3) is 5.83. The molecule has 136 valence electrons. The predicted octanol–water partition coefficient (Wildman–Crippen LogP) is 4.97. The van der Waals surface area contributed by atoms with Crippen molar-refractivity contribution in [1.82, 2.24) is 0 Å². The largest absolute Gasteiger partial charge is 0.497 e. The molecule has 0 saturated heterocycles. The highest BCUT2D eigenvalue weighted by Gasteiger charge is 2.04. The molecular weight excluding hydrogens is 356 g/mol. The lowest BCUT2D eigenvalue weighted by atomic mass is 10.3. The zero-order valence-electron chi connectivity index (χ0n) is 14.8. The second-order valence-electron chi connectivity index (χ2n) is 5.60. The van der Waals surface area contributed by atoms with Crippen molar-refractivity contribution < 1.29 is 4.74 Å². The smallest absolute Gasteiger partial charge is 0.207 e. The summed E-state index contributed by atoms with van der Waals surface area (Å²) in [7, 11) is 1.63. The van der Waals surface area contributed by atoms with Crippen molar-refractivity contribution in [2.45, 2.75) is 0 Å². The fraction of sp³-hybridized carbons (Fsp3) is 0.0476. The monoisotopic (exact) mass is 376 g/mol. The van der Waals surface area contributed by atoms with Crippen molar-refractivity contribution in [3.8, 4) is 5.75 Å². The van der Waals surface area contributed by atoms with Crippen molar-refractivity contribution in [2.24, 2.45) is 4.99 Å². The number of nitrogens with one attached hydrogen (secondary N) is 3. The zero-order chi connectivity index (χ0) is 18.9. The number of para-hydroxylation sites is 2. The molecule has 0 amide bonds. The molecule has 0 fully saturated rings. The summed E-state index contributed by atoms with van der Waals surface area (Å²) in [6.07, 6.45) is 0. The van der Waals surface area contributed by atoms with E-state index in [1.807, 2.05) is 84.9 Å². The third-order valence-electron chi connectivity index (χ3n) is 3.63. The minimum absolute atomic E-state index is 0.335. The van der Waals surface area contributed by atoms with Gasteiger partial charge in [-0.05, 0) is 60.7 Å². The minimum Gasteiger partial charge on any atom is -0.497 e. The lowest BCUT2D eigenvalue weighted by molar-refractivity contribution is 0.415. The van der Waals surface area contributed by atoms with E-state index < -0.39 is 0 Å². The molecule has 0 aliphatic rings. The molecule has 0 atom stereocenters. The Morgan fingerprint density at radius 3 is 1.67 bits per heavy atom. The van der Waals surface area contributed by atoms with Gasteiger partial charge in [-0.2, -0.15) is 4.99 Å². The van der Waals surface area contributed by atoms with E-state index in [1.54, 1.807) is 7.11 Å². The van der Waals surface area contributed by atoms with Gasteiger partial charge in [0.25, 0.3) is 0 Å². The number of thiocarbonyl (C=S) groups is 1. The quantitative estimate of drug-likeness (QED) is 0.341. The normalized spacial score (nSPS) is 9.81. The maximum Gasteiger partial charge on any atom is 0.207 e. The van der Waals surface area contributed by atoms with E-state index in [9.17, 15) is 0 Å². The summed E-state index contributed by atoms with van der Waals surface area (Å²) in [6.45, 7) is 0. The summed E-state index contributed by atoms with van der Waals surface area (Å²) in [5, 5.41) is 9.95. The average Bonchev–Trinajstić information content (AvgIpc) is 2.70. The van der Waals surface area contributed by atoms with E-state index in [4.69, 9.17) is 17.0 Å². The molecule has 6 heteroatoms. The number of hydrogen-bond donors (Lipinski definition) is 3. The standard InChI is InChI=1S/C21H20N4OS/c1-26-19-14-12-18(13-15-19)24-21(27)25-20(22-16-8-4-2-5-9-16)23-17-10-6-3-7-11-17/h2-15H,1H3,(H3,22,23,24,25,27). The van der Waals surface area contributed by atoms with Crippen LogP contribution in [0.15, 0.2) is 89.9 Å². The summed E-state index contributed by atoms with van der Waals surface area (Å²) >= 11 is 5.40. The van der Waals surface area contributed by atoms with Crippen LogP contribution >= 0.6 is 12.2 Å². The van der Waals surface area contributed by atoms with Crippen LogP contribution in [0.4, 0.5) is 17.1 Å². The summed E-state index contributed by atoms with van der Waals surface area (Å²) in [4.78, 5) is 4.49. The van der Waals surface area contributed by atoms with Crippen LogP contribution < -0.4 is 20.7 Å². The minimum atomic E-state index is 0.335. The highest BCUT2D eigenvalue weighted by atomic mass is 32.1. The van der Waals surface area contributed by atoms with Crippen LogP contribution in [0, 0.1) is 0 Å². The Balaban J connectivity index is 1.76. The highest BCUT2D eigenvalue weighted by molar-refractivity contribution is 7.80. The summed E-state index contributed by atoms with van der Waals surface area (Å²) in [5.74, 6) is 1.31. The van der Waals surface area contributed by atoms with Gasteiger partial charge in [-0.25, -0.2) is 0 Å². The zero-order valence-corrected chi connectivity index (χ0v) is 15.7. The molecule has 0 heterocycles. The summed E-state index contributed by atoms with van der Waals surface area (Å²) < 4.78 is 5.16. The second kappa shape index (κ2) is 9.35. The molecule has 3 aromatic rings. The van der Waals surface area contributed by atoms with Crippen LogP contribution in [0.3, 0.4) is 0 Å². The van der Waals surface area contributed by atoms with Crippen LogP contribution in [-0.2, 0) is 0 Å². The van der Waals surface area contributed by atoms with Crippen molar-refractivity contribution >= 4 is 40.4 Å². The second-order valence-corrected chi connectivity index (χ2v) is 5.99. The maximum absolute atomic E-state index is 5.40. The van der Waals surface area contributed by atoms with Gasteiger partial charge in [0.15, 0.2) is 0 Å². The Kier molecular flexibility index (Phi) is 6.38. The SMILES string of the molecule is COc1ccc(NC(=S)N=C(Nc2ccccc2)Nc2ccccc2)cc1. The molecule has 0 bridgehead atoms. The molecule has 0 saturated carbocycles. The molecular formula is C21H20N4OS. The average molecular weight is 376 g/mol. The highest BCUT2D eigenvalue weighted by Crippen LogP contribution is 2.15. The van der Waals surface area contributed by atoms with Gasteiger partial charge in [0, 0.05) is 17.1 Å². The first kappa shape index (κ1) is 18.4. The summed E-state index contributed by atoms with van der Waals surface area (Å²) in [5.41, 5.74) is 2.65. The number of aliphatic imine (C=N–C) groups is 1. The van der Waals surface area contributed by atoms with Gasteiger partial charge in [0.2, 0.25) is 11.1 Å². The van der Waals surface area contributed by atoms with Gasteiger partial charge in [-0.1, -0.05) is 36.4 Å². The van der Waals surface area contributed by atoms with E-state index in [-0.39, 0.29) is 0 Å². The van der Waals surface area contributed by atoms with Crippen molar-refractivity contribution in [1.29, 1.82) is 0 Å². The Labute approximate surface area is 164 Å². The van der Waals surface area contributed by atoms with Gasteiger partial charge >= 0.3 is 0 Å². The van der Waals surface area contributed by atoms with E-state index in [0.717, 1.165) is 22.8 Å². The van der Waals surface area contributed by atoms with E-state index >= 15 is 0 Å². The molecule has 0 aromatic heterocycles. The Morgan fingerprint density at radius 1 is 0.704 bits per heavy atom. The van der Waals surface area contributed by atoms with Gasteiger partial charge in [-0.3, -0.25) is 0 Å². The van der Waals surface area contributed by atoms with E-state index in [1.165, 1.54) is 0 Å². The first-order valence-corrected chi connectivity index (χ1v) is 8.81. The lowest BCUT2D eigenvalue weighted by Crippen LogP contribution is -2.24. The molecule has 0 aliphatic heterocycles. The molecule has 3 N–H and O–H groups in total. The fourth-order valence-corrected chi connectivity index (χ4v) is 2.54. The van der Waals surface area contributed by atoms with Gasteiger partial charge in [0.1, 0.15) is 5.75 Å². The van der Waals surface area contributed by atoms with Crippen LogP contribution in [0.5, 0.6) is 5.75 Å². The number of rotatable bonds is 4. The lowest BCUT2D eigenvalue weighted by Gasteiger charge is -2.13. The van der Waals surface area contributed by atoms with Gasteiger partial charge in [0.05, 0.1) is 7.11 Å². The first-order chi connectivity index (χ1) is 13.2. The molecule has 3 rings (SSSR count). The maximum atomic E-state index is 5.40. The predicted molar refractivity (Wildman–Crippen MR) is 117 cm³/mol. The number of benzene rings is 3. The molecule has 0 radical (unpaired) electrons. The number of hydrogen-bond acceptors (Lipinski definition) is 2. The van der Waals surface area contributed by atoms with E-state index in [2.05, 4.69) is 20.9 Å². The third-order valence-corrected chi connectivity index (χ3v) is 3.82. The van der Waals surface area contributed by atoms with Gasteiger partial charge in [-0.15, -0.1) is 0 Å². The van der Waals surface area contributed by atoms with Crippen molar-refractivity contribution in [3.63, 3.8) is 0 Å². The topological polar surface area (TPSA) is 57.7 Å². The molecule has 0 spiro atoms. The van der Waals surface area contributed by atoms with Crippen LogP contribution in [0.2, 0.25) is 0 Å².